The minimum atomic E-state index is -0.343. The number of nitrogens with one attached hydrogen (secondary N) is 1. The number of para-hydroxylation sites is 1. The Labute approximate surface area is 122 Å². The van der Waals surface area contributed by atoms with Crippen molar-refractivity contribution in [3.05, 3.63) is 28.0 Å². The third-order valence-corrected chi connectivity index (χ3v) is 4.57. The van der Waals surface area contributed by atoms with Gasteiger partial charge in [-0.3, -0.25) is 0 Å². The number of aromatic nitrogens is 2. The van der Waals surface area contributed by atoms with Gasteiger partial charge in [0.1, 0.15) is 0 Å². The normalized spacial score (nSPS) is 24.5. The summed E-state index contributed by atoms with van der Waals surface area (Å²) in [6.45, 7) is 0. The van der Waals surface area contributed by atoms with Gasteiger partial charge in [-0.1, -0.05) is 36.9 Å². The van der Waals surface area contributed by atoms with Crippen molar-refractivity contribution in [1.29, 1.82) is 0 Å². The fraction of sp³-hybridized carbons (Fsp3) is 0.500. The molecule has 2 N–H and O–H groups in total. The van der Waals surface area contributed by atoms with Gasteiger partial charge in [0.05, 0.1) is 28.2 Å². The predicted octanol–water partition coefficient (Wildman–Crippen LogP) is 4.22. The lowest BCUT2D eigenvalue weighted by molar-refractivity contribution is 0.107. The van der Waals surface area contributed by atoms with Crippen LogP contribution >= 0.6 is 23.8 Å². The monoisotopic (exact) mass is 296 g/mol. The molecule has 0 radical (unpaired) electrons. The van der Waals surface area contributed by atoms with E-state index in [0.29, 0.717) is 9.79 Å². The van der Waals surface area contributed by atoms with Crippen LogP contribution in [0.3, 0.4) is 0 Å². The minimum absolute atomic E-state index is 0.0312. The average Bonchev–Trinajstić information content (AvgIpc) is 2.57. The van der Waals surface area contributed by atoms with Crippen molar-refractivity contribution in [2.45, 2.75) is 44.2 Å². The summed E-state index contributed by atoms with van der Waals surface area (Å²) in [6.07, 6.45) is 4.83. The van der Waals surface area contributed by atoms with E-state index in [4.69, 9.17) is 23.8 Å². The van der Waals surface area contributed by atoms with Gasteiger partial charge < -0.3 is 14.7 Å². The second kappa shape index (κ2) is 5.27. The summed E-state index contributed by atoms with van der Waals surface area (Å²) in [5.74, 6) is 0. The molecule has 3 rings (SSSR count). The molecule has 0 aliphatic heterocycles. The van der Waals surface area contributed by atoms with Crippen molar-refractivity contribution in [2.24, 2.45) is 0 Å². The number of rotatable bonds is 1. The van der Waals surface area contributed by atoms with Crippen LogP contribution in [0.5, 0.6) is 0 Å². The van der Waals surface area contributed by atoms with Crippen LogP contribution in [-0.4, -0.2) is 20.8 Å². The highest BCUT2D eigenvalue weighted by molar-refractivity contribution is 7.71. The van der Waals surface area contributed by atoms with Gasteiger partial charge in [0.2, 0.25) is 0 Å². The summed E-state index contributed by atoms with van der Waals surface area (Å²) in [5, 5.41) is 11.1. The third kappa shape index (κ3) is 2.33. The lowest BCUT2D eigenvalue weighted by atomic mass is 10.1. The highest BCUT2D eigenvalue weighted by Crippen LogP contribution is 2.33. The maximum absolute atomic E-state index is 10.4. The minimum Gasteiger partial charge on any atom is -0.391 e. The maximum Gasteiger partial charge on any atom is 0.178 e. The summed E-state index contributed by atoms with van der Waals surface area (Å²) in [7, 11) is 0. The van der Waals surface area contributed by atoms with Crippen LogP contribution in [0.2, 0.25) is 5.02 Å². The first-order valence-corrected chi connectivity index (χ1v) is 7.54. The van der Waals surface area contributed by atoms with Gasteiger partial charge in [-0.05, 0) is 37.2 Å². The molecule has 1 aliphatic carbocycles. The third-order valence-electron chi connectivity index (χ3n) is 3.96. The number of imidazole rings is 1. The van der Waals surface area contributed by atoms with Crippen molar-refractivity contribution < 1.29 is 5.11 Å². The zero-order valence-corrected chi connectivity index (χ0v) is 12.2. The largest absolute Gasteiger partial charge is 0.391 e. The van der Waals surface area contributed by atoms with Gasteiger partial charge in [0, 0.05) is 0 Å². The zero-order valence-electron chi connectivity index (χ0n) is 10.6. The molecule has 3 nitrogen and oxygen atoms in total. The second-order valence-electron chi connectivity index (χ2n) is 5.21. The van der Waals surface area contributed by atoms with Crippen LogP contribution in [0.25, 0.3) is 11.0 Å². The number of aliphatic hydroxyl groups excluding tert-OH is 1. The number of aromatic amines is 1. The molecular weight excluding hydrogens is 280 g/mol. The molecule has 2 unspecified atom stereocenters. The van der Waals surface area contributed by atoms with E-state index in [1.165, 1.54) is 6.42 Å². The molecule has 1 aromatic carbocycles. The molecule has 19 heavy (non-hydrogen) atoms. The fourth-order valence-corrected chi connectivity index (χ4v) is 3.63. The lowest BCUT2D eigenvalue weighted by Crippen LogP contribution is -2.23. The Kier molecular flexibility index (Phi) is 3.65. The number of benzene rings is 1. The first-order chi connectivity index (χ1) is 9.18. The Morgan fingerprint density at radius 3 is 2.89 bits per heavy atom. The second-order valence-corrected chi connectivity index (χ2v) is 6.00. The van der Waals surface area contributed by atoms with Crippen LogP contribution in [0.15, 0.2) is 18.2 Å². The molecule has 0 saturated heterocycles. The van der Waals surface area contributed by atoms with Crippen molar-refractivity contribution in [3.63, 3.8) is 0 Å². The topological polar surface area (TPSA) is 41.0 Å². The Hall–Kier alpha value is -0.840. The summed E-state index contributed by atoms with van der Waals surface area (Å²) in [5.41, 5.74) is 1.86. The molecule has 102 valence electrons. The number of fused-ring (bicyclic) bond motifs is 1. The summed E-state index contributed by atoms with van der Waals surface area (Å²) >= 11 is 11.7. The van der Waals surface area contributed by atoms with Crippen molar-refractivity contribution in [2.75, 3.05) is 0 Å². The molecule has 1 heterocycles. The Bertz CT molecular complexity index is 648. The summed E-state index contributed by atoms with van der Waals surface area (Å²) in [4.78, 5) is 3.19. The first-order valence-electron chi connectivity index (χ1n) is 6.75. The Morgan fingerprint density at radius 2 is 2.05 bits per heavy atom. The van der Waals surface area contributed by atoms with Crippen molar-refractivity contribution >= 4 is 34.9 Å². The number of halogens is 1. The van der Waals surface area contributed by atoms with E-state index in [1.54, 1.807) is 0 Å². The van der Waals surface area contributed by atoms with Gasteiger partial charge in [-0.2, -0.15) is 0 Å². The zero-order chi connectivity index (χ0) is 13.4. The SMILES string of the molecule is OC1CCCCCC1n1c(=S)[nH]c2cccc(Cl)c21. The standard InChI is InChI=1S/C14H17ClN2OS/c15-9-5-4-6-10-13(9)17(14(19)16-10)11-7-2-1-3-8-12(11)18/h4-6,11-12,18H,1-3,7-8H2,(H,16,19). The van der Waals surface area contributed by atoms with Gasteiger partial charge in [-0.25, -0.2) is 0 Å². The van der Waals surface area contributed by atoms with Crippen molar-refractivity contribution in [1.82, 2.24) is 9.55 Å². The van der Waals surface area contributed by atoms with Gasteiger partial charge in [0.25, 0.3) is 0 Å². The van der Waals surface area contributed by atoms with Gasteiger partial charge >= 0.3 is 0 Å². The summed E-state index contributed by atoms with van der Waals surface area (Å²) < 4.78 is 2.66. The van der Waals surface area contributed by atoms with Crippen LogP contribution in [-0.2, 0) is 0 Å². The van der Waals surface area contributed by atoms with Gasteiger partial charge in [0.15, 0.2) is 4.77 Å². The van der Waals surface area contributed by atoms with E-state index in [0.717, 1.165) is 36.7 Å². The number of aliphatic hydroxyl groups is 1. The Morgan fingerprint density at radius 1 is 1.26 bits per heavy atom. The quantitative estimate of drug-likeness (QED) is 0.611. The number of hydrogen-bond acceptors (Lipinski definition) is 2. The molecule has 2 atom stereocenters. The average molecular weight is 297 g/mol. The number of nitrogens with zero attached hydrogens (tertiary/aromatic N) is 1. The van der Waals surface area contributed by atoms with E-state index in [1.807, 2.05) is 22.8 Å². The van der Waals surface area contributed by atoms with Crippen LogP contribution in [0.4, 0.5) is 0 Å². The lowest BCUT2D eigenvalue weighted by Gasteiger charge is -2.23. The highest BCUT2D eigenvalue weighted by atomic mass is 35.5. The van der Waals surface area contributed by atoms with E-state index in [9.17, 15) is 5.11 Å². The first kappa shape index (κ1) is 13.2. The molecule has 1 aromatic heterocycles. The van der Waals surface area contributed by atoms with E-state index in [2.05, 4.69) is 4.98 Å². The molecule has 5 heteroatoms. The fourth-order valence-electron chi connectivity index (χ4n) is 3.02. The van der Waals surface area contributed by atoms with Gasteiger partial charge in [-0.15, -0.1) is 0 Å². The predicted molar refractivity (Wildman–Crippen MR) is 80.3 cm³/mol. The molecule has 0 amide bonds. The molecule has 0 spiro atoms. The molecule has 2 aromatic rings. The highest BCUT2D eigenvalue weighted by Gasteiger charge is 2.25. The van der Waals surface area contributed by atoms with E-state index < -0.39 is 0 Å². The van der Waals surface area contributed by atoms with Crippen LogP contribution in [0, 0.1) is 4.77 Å². The van der Waals surface area contributed by atoms with Crippen LogP contribution < -0.4 is 0 Å². The van der Waals surface area contributed by atoms with E-state index >= 15 is 0 Å². The molecule has 0 bridgehead atoms. The molecule has 1 saturated carbocycles. The van der Waals surface area contributed by atoms with E-state index in [-0.39, 0.29) is 12.1 Å². The molecule has 1 aliphatic rings. The van der Waals surface area contributed by atoms with Crippen molar-refractivity contribution in [3.8, 4) is 0 Å². The Balaban J connectivity index is 2.18. The molecular formula is C14H17ClN2OS. The maximum atomic E-state index is 10.4. The van der Waals surface area contributed by atoms with Crippen LogP contribution in [0.1, 0.15) is 38.1 Å². The smallest absolute Gasteiger partial charge is 0.178 e. The summed E-state index contributed by atoms with van der Waals surface area (Å²) in [6, 6.07) is 5.77. The number of H-pyrrole nitrogens is 1. The molecule has 1 fully saturated rings. The number of hydrogen-bond donors (Lipinski definition) is 2.